The largest absolute Gasteiger partial charge is 0.396 e. The van der Waals surface area contributed by atoms with Crippen molar-refractivity contribution in [1.29, 1.82) is 0 Å². The fourth-order valence-corrected chi connectivity index (χ4v) is 1.46. The van der Waals surface area contributed by atoms with Crippen molar-refractivity contribution in [3.8, 4) is 0 Å². The van der Waals surface area contributed by atoms with Crippen LogP contribution in [0.15, 0.2) is 18.2 Å². The average molecular weight is 245 g/mol. The van der Waals surface area contributed by atoms with E-state index in [1.165, 1.54) is 6.07 Å². The predicted molar refractivity (Wildman–Crippen MR) is 60.4 cm³/mol. The Hall–Kier alpha value is -1.04. The first kappa shape index (κ1) is 14.0. The zero-order valence-electron chi connectivity index (χ0n) is 9.66. The van der Waals surface area contributed by atoms with Gasteiger partial charge in [-0.15, -0.1) is 0 Å². The van der Waals surface area contributed by atoms with Crippen LogP contribution in [0.5, 0.6) is 0 Å². The van der Waals surface area contributed by atoms with E-state index < -0.39 is 17.7 Å². The molecule has 5 heteroatoms. The lowest BCUT2D eigenvalue weighted by Gasteiger charge is -2.15. The van der Waals surface area contributed by atoms with Crippen molar-refractivity contribution in [3.63, 3.8) is 0 Å². The van der Waals surface area contributed by atoms with Gasteiger partial charge in [-0.25, -0.2) is 8.78 Å². The molecule has 0 heterocycles. The normalized spacial score (nSPS) is 14.6. The van der Waals surface area contributed by atoms with Crippen molar-refractivity contribution in [2.24, 2.45) is 5.92 Å². The van der Waals surface area contributed by atoms with E-state index in [1.807, 2.05) is 6.92 Å². The van der Waals surface area contributed by atoms with E-state index in [1.54, 1.807) is 0 Å². The van der Waals surface area contributed by atoms with Gasteiger partial charge < -0.3 is 15.5 Å². The van der Waals surface area contributed by atoms with Gasteiger partial charge in [0.05, 0.1) is 11.7 Å². The number of halogens is 2. The van der Waals surface area contributed by atoms with Gasteiger partial charge in [0.1, 0.15) is 11.6 Å². The molecule has 0 amide bonds. The molecule has 96 valence electrons. The van der Waals surface area contributed by atoms with E-state index in [4.69, 9.17) is 5.11 Å². The zero-order valence-corrected chi connectivity index (χ0v) is 9.66. The molecule has 3 N–H and O–H groups in total. The number of hydrogen-bond acceptors (Lipinski definition) is 3. The highest BCUT2D eigenvalue weighted by Gasteiger charge is 2.17. The molecule has 1 aromatic carbocycles. The lowest BCUT2D eigenvalue weighted by molar-refractivity contribution is 0.159. The molecule has 2 unspecified atom stereocenters. The highest BCUT2D eigenvalue weighted by Crippen LogP contribution is 2.19. The van der Waals surface area contributed by atoms with E-state index in [2.05, 4.69) is 5.32 Å². The third-order valence-electron chi connectivity index (χ3n) is 2.48. The number of benzene rings is 1. The van der Waals surface area contributed by atoms with E-state index in [9.17, 15) is 13.9 Å². The van der Waals surface area contributed by atoms with Gasteiger partial charge in [0, 0.05) is 13.2 Å². The molecule has 3 nitrogen and oxygen atoms in total. The Balaban J connectivity index is 2.55. The van der Waals surface area contributed by atoms with Crippen LogP contribution >= 0.6 is 0 Å². The Morgan fingerprint density at radius 2 is 1.82 bits per heavy atom. The van der Waals surface area contributed by atoms with E-state index >= 15 is 0 Å². The van der Waals surface area contributed by atoms with Crippen molar-refractivity contribution in [1.82, 2.24) is 5.32 Å². The van der Waals surface area contributed by atoms with Gasteiger partial charge in [-0.1, -0.05) is 13.0 Å². The van der Waals surface area contributed by atoms with Crippen molar-refractivity contribution >= 4 is 0 Å². The van der Waals surface area contributed by atoms with Crippen LogP contribution in [-0.2, 0) is 0 Å². The van der Waals surface area contributed by atoms with Gasteiger partial charge in [0.15, 0.2) is 0 Å². The molecule has 0 saturated carbocycles. The number of aliphatic hydroxyl groups excluding tert-OH is 2. The van der Waals surface area contributed by atoms with Crippen molar-refractivity contribution in [2.75, 3.05) is 19.7 Å². The maximum absolute atomic E-state index is 13.3. The number of hydrogen-bond donors (Lipinski definition) is 3. The fourth-order valence-electron chi connectivity index (χ4n) is 1.46. The molecule has 0 aliphatic rings. The van der Waals surface area contributed by atoms with Crippen LogP contribution in [0.2, 0.25) is 0 Å². The smallest absolute Gasteiger partial charge is 0.131 e. The van der Waals surface area contributed by atoms with Gasteiger partial charge in [-0.3, -0.25) is 0 Å². The molecular formula is C12H17F2NO2. The molecule has 0 aliphatic carbocycles. The lowest BCUT2D eigenvalue weighted by Crippen LogP contribution is -2.28. The Morgan fingerprint density at radius 3 is 2.35 bits per heavy atom. The van der Waals surface area contributed by atoms with E-state index in [0.717, 1.165) is 12.1 Å². The van der Waals surface area contributed by atoms with E-state index in [-0.39, 0.29) is 24.6 Å². The summed E-state index contributed by atoms with van der Waals surface area (Å²) in [5.74, 6) is -1.48. The van der Waals surface area contributed by atoms with Gasteiger partial charge in [-0.2, -0.15) is 0 Å². The second-order valence-electron chi connectivity index (χ2n) is 4.10. The van der Waals surface area contributed by atoms with Gasteiger partial charge in [0.2, 0.25) is 0 Å². The molecule has 0 radical (unpaired) electrons. The van der Waals surface area contributed by atoms with Crippen molar-refractivity contribution in [3.05, 3.63) is 35.4 Å². The van der Waals surface area contributed by atoms with Crippen LogP contribution in [0.25, 0.3) is 0 Å². The summed E-state index contributed by atoms with van der Waals surface area (Å²) in [5.41, 5.74) is -0.323. The minimum atomic E-state index is -1.23. The van der Waals surface area contributed by atoms with E-state index in [0.29, 0.717) is 6.54 Å². The predicted octanol–water partition coefficient (Wildman–Crippen LogP) is 1.22. The van der Waals surface area contributed by atoms with Crippen LogP contribution in [-0.4, -0.2) is 29.9 Å². The number of aliphatic hydroxyl groups is 2. The summed E-state index contributed by atoms with van der Waals surface area (Å²) in [7, 11) is 0. The molecule has 0 saturated heterocycles. The molecule has 1 rings (SSSR count). The molecule has 0 spiro atoms. The zero-order chi connectivity index (χ0) is 12.8. The molecule has 0 aromatic heterocycles. The monoisotopic (exact) mass is 245 g/mol. The third-order valence-corrected chi connectivity index (χ3v) is 2.48. The first-order valence-electron chi connectivity index (χ1n) is 5.49. The summed E-state index contributed by atoms with van der Waals surface area (Å²) in [5, 5.41) is 21.3. The first-order valence-corrected chi connectivity index (χ1v) is 5.49. The average Bonchev–Trinajstić information content (AvgIpc) is 2.28. The van der Waals surface area contributed by atoms with Crippen LogP contribution in [0.3, 0.4) is 0 Å². The van der Waals surface area contributed by atoms with Crippen LogP contribution in [0.4, 0.5) is 8.78 Å². The van der Waals surface area contributed by atoms with Gasteiger partial charge >= 0.3 is 0 Å². The lowest BCUT2D eigenvalue weighted by atomic mass is 10.1. The third kappa shape index (κ3) is 4.03. The minimum absolute atomic E-state index is 0.0250. The molecule has 2 atom stereocenters. The molecular weight excluding hydrogens is 228 g/mol. The van der Waals surface area contributed by atoms with Crippen LogP contribution in [0, 0.1) is 17.6 Å². The SMILES string of the molecule is CC(CO)CNCC(O)c1c(F)cccc1F. The fraction of sp³-hybridized carbons (Fsp3) is 0.500. The number of rotatable bonds is 6. The maximum Gasteiger partial charge on any atom is 0.131 e. The summed E-state index contributed by atoms with van der Waals surface area (Å²) in [6.07, 6.45) is -1.23. The summed E-state index contributed by atoms with van der Waals surface area (Å²) < 4.78 is 26.6. The summed E-state index contributed by atoms with van der Waals surface area (Å²) in [6.45, 7) is 2.37. The molecule has 1 aromatic rings. The Morgan fingerprint density at radius 1 is 1.24 bits per heavy atom. The maximum atomic E-state index is 13.3. The van der Waals surface area contributed by atoms with Crippen LogP contribution in [0.1, 0.15) is 18.6 Å². The number of nitrogens with one attached hydrogen (secondary N) is 1. The molecule has 0 bridgehead atoms. The Bertz CT molecular complexity index is 340. The van der Waals surface area contributed by atoms with Gasteiger partial charge in [0.25, 0.3) is 0 Å². The summed E-state index contributed by atoms with van der Waals surface area (Å²) in [4.78, 5) is 0. The second kappa shape index (κ2) is 6.64. The van der Waals surface area contributed by atoms with Crippen LogP contribution < -0.4 is 5.32 Å². The molecule has 0 fully saturated rings. The molecule has 0 aliphatic heterocycles. The Labute approximate surface area is 99.1 Å². The van der Waals surface area contributed by atoms with Crippen molar-refractivity contribution < 1.29 is 19.0 Å². The quantitative estimate of drug-likeness (QED) is 0.706. The minimum Gasteiger partial charge on any atom is -0.396 e. The second-order valence-corrected chi connectivity index (χ2v) is 4.10. The summed E-state index contributed by atoms with van der Waals surface area (Å²) in [6, 6.07) is 3.47. The first-order chi connectivity index (χ1) is 8.06. The summed E-state index contributed by atoms with van der Waals surface area (Å²) >= 11 is 0. The Kier molecular flexibility index (Phi) is 5.47. The molecule has 17 heavy (non-hydrogen) atoms. The standard InChI is InChI=1S/C12H17F2NO2/c1-8(7-16)5-15-6-11(17)12-9(13)3-2-4-10(12)14/h2-4,8,11,15-17H,5-7H2,1H3. The highest BCUT2D eigenvalue weighted by atomic mass is 19.1. The van der Waals surface area contributed by atoms with Gasteiger partial charge in [-0.05, 0) is 24.6 Å². The highest BCUT2D eigenvalue weighted by molar-refractivity contribution is 5.22. The van der Waals surface area contributed by atoms with Crippen molar-refractivity contribution in [2.45, 2.75) is 13.0 Å². The topological polar surface area (TPSA) is 52.5 Å².